The van der Waals surface area contributed by atoms with Crippen molar-refractivity contribution in [1.29, 1.82) is 0 Å². The smallest absolute Gasteiger partial charge is 0.263 e. The number of aliphatic hydroxyl groups excluding tert-OH is 1. The number of aromatic amines is 1. The van der Waals surface area contributed by atoms with Crippen molar-refractivity contribution in [2.24, 2.45) is 0 Å². The Labute approximate surface area is 97.4 Å². The predicted molar refractivity (Wildman–Crippen MR) is 62.4 cm³/mol. The van der Waals surface area contributed by atoms with Crippen LogP contribution in [0.4, 0.5) is 5.69 Å². The summed E-state index contributed by atoms with van der Waals surface area (Å²) in [4.78, 5) is 13.2. The first-order valence-electron chi connectivity index (χ1n) is 5.26. The van der Waals surface area contributed by atoms with Crippen molar-refractivity contribution in [3.8, 4) is 0 Å². The number of rotatable bonds is 1. The molecule has 1 atom stereocenters. The standard InChI is InChI=1S/C12H10N3O2/c1-7-11(16)5-12(17)15(7)9-3-2-8-6-13-14-10(8)4-9/h2-4,6-7,16H,1H3,(H,13,14). The van der Waals surface area contributed by atoms with Gasteiger partial charge in [-0.2, -0.15) is 5.10 Å². The molecule has 5 nitrogen and oxygen atoms in total. The zero-order chi connectivity index (χ0) is 12.0. The number of nitrogens with zero attached hydrogens (tertiary/aromatic N) is 2. The van der Waals surface area contributed by atoms with Gasteiger partial charge in [-0.05, 0) is 25.1 Å². The number of H-pyrrole nitrogens is 1. The van der Waals surface area contributed by atoms with E-state index in [1.807, 2.05) is 18.2 Å². The lowest BCUT2D eigenvalue weighted by Gasteiger charge is -2.22. The third kappa shape index (κ3) is 1.39. The first kappa shape index (κ1) is 9.89. The number of amides is 1. The van der Waals surface area contributed by atoms with Gasteiger partial charge in [0.05, 0.1) is 23.8 Å². The molecule has 0 spiro atoms. The normalized spacial score (nSPS) is 20.1. The number of carbonyl (C=O) groups excluding carboxylic acids is 1. The molecule has 0 saturated heterocycles. The van der Waals surface area contributed by atoms with E-state index in [1.165, 1.54) is 4.90 Å². The SMILES string of the molecule is CC1C(O)=[C]C(=O)N1c1ccc2cn[nH]c2c1. The van der Waals surface area contributed by atoms with Gasteiger partial charge in [0.1, 0.15) is 5.76 Å². The van der Waals surface area contributed by atoms with Crippen molar-refractivity contribution in [2.45, 2.75) is 13.0 Å². The Morgan fingerprint density at radius 2 is 2.35 bits per heavy atom. The third-order valence-electron chi connectivity index (χ3n) is 2.94. The lowest BCUT2D eigenvalue weighted by molar-refractivity contribution is -0.114. The molecule has 0 saturated carbocycles. The molecule has 1 aliphatic rings. The summed E-state index contributed by atoms with van der Waals surface area (Å²) in [5.41, 5.74) is 1.57. The van der Waals surface area contributed by atoms with Crippen molar-refractivity contribution in [3.63, 3.8) is 0 Å². The number of aliphatic hydroxyl groups is 1. The molecule has 2 heterocycles. The quantitative estimate of drug-likeness (QED) is 0.777. The van der Waals surface area contributed by atoms with Crippen LogP contribution in [0, 0.1) is 6.08 Å². The molecule has 1 radical (unpaired) electrons. The van der Waals surface area contributed by atoms with Gasteiger partial charge >= 0.3 is 0 Å². The predicted octanol–water partition coefficient (Wildman–Crippen LogP) is 1.54. The summed E-state index contributed by atoms with van der Waals surface area (Å²) in [5.74, 6) is -0.353. The molecule has 17 heavy (non-hydrogen) atoms. The van der Waals surface area contributed by atoms with E-state index in [1.54, 1.807) is 13.1 Å². The van der Waals surface area contributed by atoms with E-state index in [0.717, 1.165) is 16.6 Å². The van der Waals surface area contributed by atoms with Gasteiger partial charge in [0, 0.05) is 11.1 Å². The third-order valence-corrected chi connectivity index (χ3v) is 2.94. The Morgan fingerprint density at radius 3 is 3.06 bits per heavy atom. The second-order valence-corrected chi connectivity index (χ2v) is 4.00. The van der Waals surface area contributed by atoms with Crippen LogP contribution in [0.1, 0.15) is 6.92 Å². The molecule has 0 bridgehead atoms. The minimum absolute atomic E-state index is 0.0280. The van der Waals surface area contributed by atoms with Gasteiger partial charge in [-0.1, -0.05) is 0 Å². The van der Waals surface area contributed by atoms with Crippen molar-refractivity contribution < 1.29 is 9.90 Å². The topological polar surface area (TPSA) is 69.2 Å². The van der Waals surface area contributed by atoms with Crippen LogP contribution in [-0.4, -0.2) is 27.3 Å². The molecular formula is C12H10N3O2. The van der Waals surface area contributed by atoms with Crippen LogP contribution in [0.3, 0.4) is 0 Å². The van der Waals surface area contributed by atoms with Crippen LogP contribution < -0.4 is 4.90 Å². The van der Waals surface area contributed by atoms with Gasteiger partial charge in [0.15, 0.2) is 0 Å². The molecule has 1 aromatic heterocycles. The number of carbonyl (C=O) groups is 1. The maximum absolute atomic E-state index is 11.7. The zero-order valence-corrected chi connectivity index (χ0v) is 9.14. The summed E-state index contributed by atoms with van der Waals surface area (Å²) < 4.78 is 0. The molecule has 5 heteroatoms. The lowest BCUT2D eigenvalue weighted by atomic mass is 10.2. The largest absolute Gasteiger partial charge is 0.509 e. The van der Waals surface area contributed by atoms with Crippen LogP contribution in [-0.2, 0) is 4.79 Å². The number of anilines is 1. The van der Waals surface area contributed by atoms with Crippen molar-refractivity contribution in [1.82, 2.24) is 10.2 Å². The fourth-order valence-corrected chi connectivity index (χ4v) is 1.99. The van der Waals surface area contributed by atoms with Crippen LogP contribution in [0.5, 0.6) is 0 Å². The van der Waals surface area contributed by atoms with Crippen LogP contribution in [0.25, 0.3) is 10.9 Å². The average Bonchev–Trinajstić information content (AvgIpc) is 2.84. The van der Waals surface area contributed by atoms with Crippen LogP contribution in [0.15, 0.2) is 30.2 Å². The van der Waals surface area contributed by atoms with Gasteiger partial charge < -0.3 is 5.11 Å². The van der Waals surface area contributed by atoms with E-state index >= 15 is 0 Å². The Balaban J connectivity index is 2.07. The van der Waals surface area contributed by atoms with E-state index in [-0.39, 0.29) is 17.7 Å². The van der Waals surface area contributed by atoms with Gasteiger partial charge in [-0.25, -0.2) is 0 Å². The summed E-state index contributed by atoms with van der Waals surface area (Å²) >= 11 is 0. The summed E-state index contributed by atoms with van der Waals surface area (Å²) in [6, 6.07) is 5.16. The Bertz CT molecular complexity index is 629. The minimum atomic E-state index is -0.372. The van der Waals surface area contributed by atoms with Crippen LogP contribution in [0.2, 0.25) is 0 Å². The molecular weight excluding hydrogens is 218 g/mol. The van der Waals surface area contributed by atoms with Gasteiger partial charge in [-0.3, -0.25) is 14.8 Å². The molecule has 85 valence electrons. The minimum Gasteiger partial charge on any atom is -0.509 e. The first-order chi connectivity index (χ1) is 8.16. The Hall–Kier alpha value is -2.30. The second-order valence-electron chi connectivity index (χ2n) is 4.00. The fourth-order valence-electron chi connectivity index (χ4n) is 1.99. The van der Waals surface area contributed by atoms with Crippen molar-refractivity contribution >= 4 is 22.5 Å². The zero-order valence-electron chi connectivity index (χ0n) is 9.14. The fraction of sp³-hybridized carbons (Fsp3) is 0.167. The van der Waals surface area contributed by atoms with Crippen LogP contribution >= 0.6 is 0 Å². The Morgan fingerprint density at radius 1 is 1.53 bits per heavy atom. The lowest BCUT2D eigenvalue weighted by Crippen LogP contribution is -2.33. The van der Waals surface area contributed by atoms with E-state index in [9.17, 15) is 9.90 Å². The maximum Gasteiger partial charge on any atom is 0.263 e. The summed E-state index contributed by atoms with van der Waals surface area (Å²) in [5, 5.41) is 17.2. The summed E-state index contributed by atoms with van der Waals surface area (Å²) in [6.07, 6.45) is 4.11. The number of hydrogen-bond acceptors (Lipinski definition) is 3. The maximum atomic E-state index is 11.7. The number of aromatic nitrogens is 2. The van der Waals surface area contributed by atoms with E-state index in [0.29, 0.717) is 0 Å². The molecule has 1 aliphatic heterocycles. The molecule has 1 aromatic carbocycles. The molecule has 1 amide bonds. The average molecular weight is 228 g/mol. The summed E-state index contributed by atoms with van der Waals surface area (Å²) in [6.45, 7) is 1.75. The molecule has 3 rings (SSSR count). The molecule has 2 aromatic rings. The highest BCUT2D eigenvalue weighted by Crippen LogP contribution is 2.27. The van der Waals surface area contributed by atoms with Crippen molar-refractivity contribution in [3.05, 3.63) is 36.2 Å². The van der Waals surface area contributed by atoms with E-state index in [2.05, 4.69) is 16.3 Å². The Kier molecular flexibility index (Phi) is 1.95. The molecule has 0 fully saturated rings. The monoisotopic (exact) mass is 228 g/mol. The molecule has 0 aliphatic carbocycles. The number of hydrogen-bond donors (Lipinski definition) is 2. The first-order valence-corrected chi connectivity index (χ1v) is 5.26. The number of nitrogens with one attached hydrogen (secondary N) is 1. The number of fused-ring (bicyclic) bond motifs is 1. The summed E-state index contributed by atoms with van der Waals surface area (Å²) in [7, 11) is 0. The molecule has 1 unspecified atom stereocenters. The number of benzene rings is 1. The van der Waals surface area contributed by atoms with E-state index < -0.39 is 0 Å². The highest BCUT2D eigenvalue weighted by Gasteiger charge is 2.31. The van der Waals surface area contributed by atoms with Gasteiger partial charge in [0.2, 0.25) is 0 Å². The second kappa shape index (κ2) is 3.35. The van der Waals surface area contributed by atoms with Crippen molar-refractivity contribution in [2.75, 3.05) is 4.90 Å². The molecule has 2 N–H and O–H groups in total. The van der Waals surface area contributed by atoms with Gasteiger partial charge in [-0.15, -0.1) is 0 Å². The van der Waals surface area contributed by atoms with Gasteiger partial charge in [0.25, 0.3) is 5.91 Å². The van der Waals surface area contributed by atoms with E-state index in [4.69, 9.17) is 0 Å². The highest BCUT2D eigenvalue weighted by atomic mass is 16.3. The highest BCUT2D eigenvalue weighted by molar-refractivity contribution is 6.03.